The van der Waals surface area contributed by atoms with Gasteiger partial charge in [0.1, 0.15) is 10.6 Å². The third-order valence-corrected chi connectivity index (χ3v) is 7.12. The molecule has 35 heavy (non-hydrogen) atoms. The molecule has 180 valence electrons. The summed E-state index contributed by atoms with van der Waals surface area (Å²) in [5.41, 5.74) is 5.19. The van der Waals surface area contributed by atoms with E-state index in [9.17, 15) is 4.79 Å². The summed E-state index contributed by atoms with van der Waals surface area (Å²) in [7, 11) is 2.13. The van der Waals surface area contributed by atoms with E-state index >= 15 is 0 Å². The number of anilines is 3. The smallest absolute Gasteiger partial charge is 0.341 e. The summed E-state index contributed by atoms with van der Waals surface area (Å²) in [4.78, 5) is 27.6. The van der Waals surface area contributed by atoms with Crippen LogP contribution in [0.1, 0.15) is 22.8 Å². The summed E-state index contributed by atoms with van der Waals surface area (Å²) >= 11 is 1.48. The summed E-state index contributed by atoms with van der Waals surface area (Å²) in [6.07, 6.45) is 0. The molecule has 2 aromatic heterocycles. The number of hydrogen-bond acceptors (Lipinski definition) is 8. The van der Waals surface area contributed by atoms with Crippen LogP contribution in [0.15, 0.2) is 53.9 Å². The molecule has 5 rings (SSSR count). The summed E-state index contributed by atoms with van der Waals surface area (Å²) in [5, 5.41) is 6.18. The van der Waals surface area contributed by atoms with Gasteiger partial charge in [-0.05, 0) is 38.6 Å². The molecule has 1 aliphatic heterocycles. The Labute approximate surface area is 209 Å². The van der Waals surface area contributed by atoms with Crippen LogP contribution in [0, 0.1) is 6.92 Å². The molecule has 0 radical (unpaired) electrons. The van der Waals surface area contributed by atoms with Crippen LogP contribution in [0.4, 0.5) is 16.6 Å². The van der Waals surface area contributed by atoms with Crippen LogP contribution in [0.3, 0.4) is 0 Å². The number of benzene rings is 2. The van der Waals surface area contributed by atoms with Gasteiger partial charge in [0.05, 0.1) is 17.6 Å². The number of nitrogens with zero attached hydrogens (tertiary/aromatic N) is 4. The molecule has 7 nitrogen and oxygen atoms in total. The number of para-hydroxylation sites is 2. The van der Waals surface area contributed by atoms with Gasteiger partial charge in [-0.2, -0.15) is 0 Å². The van der Waals surface area contributed by atoms with E-state index in [4.69, 9.17) is 14.7 Å². The Hall–Kier alpha value is -3.49. The molecule has 3 heterocycles. The van der Waals surface area contributed by atoms with Crippen LogP contribution in [-0.2, 0) is 4.74 Å². The molecule has 1 saturated heterocycles. The first kappa shape index (κ1) is 23.3. The van der Waals surface area contributed by atoms with Crippen LogP contribution in [-0.4, -0.2) is 60.7 Å². The number of thiophene rings is 1. The molecule has 4 aromatic rings. The highest BCUT2D eigenvalue weighted by atomic mass is 32.1. The molecule has 8 heteroatoms. The fraction of sp³-hybridized carbons (Fsp3) is 0.296. The van der Waals surface area contributed by atoms with Gasteiger partial charge in [-0.15, -0.1) is 11.3 Å². The number of likely N-dealkylation sites (N-methyl/N-ethyl adjacent to an activating group) is 1. The van der Waals surface area contributed by atoms with Gasteiger partial charge in [0, 0.05) is 37.1 Å². The highest BCUT2D eigenvalue weighted by molar-refractivity contribution is 7.15. The average molecular weight is 488 g/mol. The molecular weight excluding hydrogens is 458 g/mol. The van der Waals surface area contributed by atoms with Crippen LogP contribution in [0.5, 0.6) is 0 Å². The standard InChI is InChI=1S/C27H29N5O2S/c1-4-34-27(33)23-20(19-11-9-18(2)10-12-19)17-35-26(23)30-24-25(32-15-13-31(3)14-16-32)29-22-8-6-5-7-21(22)28-24/h5-12,17H,4,13-16H2,1-3H3,(H,28,30). The van der Waals surface area contributed by atoms with Crippen LogP contribution in [0.25, 0.3) is 22.2 Å². The van der Waals surface area contributed by atoms with Gasteiger partial charge in [0.15, 0.2) is 11.6 Å². The number of ether oxygens (including phenoxy) is 1. The molecule has 2 aromatic carbocycles. The number of carbonyl (C=O) groups is 1. The van der Waals surface area contributed by atoms with Crippen molar-refractivity contribution < 1.29 is 9.53 Å². The molecule has 1 fully saturated rings. The molecule has 0 spiro atoms. The first-order valence-corrected chi connectivity index (χ1v) is 12.7. The van der Waals surface area contributed by atoms with Crippen molar-refractivity contribution in [2.24, 2.45) is 0 Å². The third-order valence-electron chi connectivity index (χ3n) is 6.22. The van der Waals surface area contributed by atoms with Gasteiger partial charge in [0.25, 0.3) is 0 Å². The highest BCUT2D eigenvalue weighted by Gasteiger charge is 2.25. The van der Waals surface area contributed by atoms with Gasteiger partial charge < -0.3 is 19.9 Å². The van der Waals surface area contributed by atoms with Gasteiger partial charge in [-0.25, -0.2) is 14.8 Å². The topological polar surface area (TPSA) is 70.6 Å². The van der Waals surface area contributed by atoms with Crippen molar-refractivity contribution in [3.05, 3.63) is 65.0 Å². The number of esters is 1. The average Bonchev–Trinajstić information content (AvgIpc) is 3.28. The fourth-order valence-electron chi connectivity index (χ4n) is 4.22. The number of rotatable bonds is 6. The lowest BCUT2D eigenvalue weighted by molar-refractivity contribution is 0.0529. The van der Waals surface area contributed by atoms with Gasteiger partial charge >= 0.3 is 5.97 Å². The number of piperazine rings is 1. The van der Waals surface area contributed by atoms with Crippen molar-refractivity contribution in [3.8, 4) is 11.1 Å². The number of carbonyl (C=O) groups excluding carboxylic acids is 1. The zero-order valence-electron chi connectivity index (χ0n) is 20.2. The molecule has 0 bridgehead atoms. The lowest BCUT2D eigenvalue weighted by Gasteiger charge is -2.34. The molecule has 0 unspecified atom stereocenters. The maximum absolute atomic E-state index is 13.1. The SMILES string of the molecule is CCOC(=O)c1c(-c2ccc(C)cc2)csc1Nc1nc2ccccc2nc1N1CCN(C)CC1. The Morgan fingerprint density at radius 1 is 1.03 bits per heavy atom. The zero-order valence-corrected chi connectivity index (χ0v) is 21.1. The molecule has 1 N–H and O–H groups in total. The van der Waals surface area contributed by atoms with Crippen molar-refractivity contribution >= 4 is 45.0 Å². The van der Waals surface area contributed by atoms with Crippen molar-refractivity contribution in [1.29, 1.82) is 0 Å². The maximum Gasteiger partial charge on any atom is 0.341 e. The van der Waals surface area contributed by atoms with Crippen molar-refractivity contribution in [3.63, 3.8) is 0 Å². The van der Waals surface area contributed by atoms with E-state index in [0.29, 0.717) is 23.0 Å². The Morgan fingerprint density at radius 3 is 2.40 bits per heavy atom. The normalized spacial score (nSPS) is 14.3. The van der Waals surface area contributed by atoms with E-state index in [2.05, 4.69) is 41.2 Å². The molecule has 0 saturated carbocycles. The monoisotopic (exact) mass is 487 g/mol. The second kappa shape index (κ2) is 10.0. The fourth-order valence-corrected chi connectivity index (χ4v) is 5.18. The predicted molar refractivity (Wildman–Crippen MR) is 143 cm³/mol. The molecule has 0 atom stereocenters. The number of aromatic nitrogens is 2. The van der Waals surface area contributed by atoms with Crippen molar-refractivity contribution in [2.45, 2.75) is 13.8 Å². The van der Waals surface area contributed by atoms with E-state index < -0.39 is 0 Å². The van der Waals surface area contributed by atoms with E-state index in [1.807, 2.05) is 48.7 Å². The lowest BCUT2D eigenvalue weighted by Crippen LogP contribution is -2.45. The van der Waals surface area contributed by atoms with Crippen molar-refractivity contribution in [1.82, 2.24) is 14.9 Å². The Balaban J connectivity index is 1.59. The molecular formula is C27H29N5O2S. The van der Waals surface area contributed by atoms with Gasteiger partial charge in [0.2, 0.25) is 0 Å². The number of nitrogens with one attached hydrogen (secondary N) is 1. The number of aryl methyl sites for hydroxylation is 1. The third kappa shape index (κ3) is 4.85. The summed E-state index contributed by atoms with van der Waals surface area (Å²) in [6.45, 7) is 7.82. The van der Waals surface area contributed by atoms with E-state index in [1.54, 1.807) is 0 Å². The van der Waals surface area contributed by atoms with Crippen LogP contribution in [0.2, 0.25) is 0 Å². The van der Waals surface area contributed by atoms with Gasteiger partial charge in [-0.3, -0.25) is 0 Å². The summed E-state index contributed by atoms with van der Waals surface area (Å²) in [5.74, 6) is 1.11. The number of fused-ring (bicyclic) bond motifs is 1. The summed E-state index contributed by atoms with van der Waals surface area (Å²) in [6, 6.07) is 16.1. The van der Waals surface area contributed by atoms with E-state index in [1.165, 1.54) is 16.9 Å². The minimum absolute atomic E-state index is 0.309. The van der Waals surface area contributed by atoms with Crippen LogP contribution < -0.4 is 10.2 Å². The van der Waals surface area contributed by atoms with Crippen molar-refractivity contribution in [2.75, 3.05) is 50.1 Å². The minimum Gasteiger partial charge on any atom is -0.462 e. The quantitative estimate of drug-likeness (QED) is 0.368. The Bertz CT molecular complexity index is 1340. The van der Waals surface area contributed by atoms with E-state index in [0.717, 1.165) is 54.2 Å². The summed E-state index contributed by atoms with van der Waals surface area (Å²) < 4.78 is 5.45. The molecule has 1 aliphatic rings. The zero-order chi connectivity index (χ0) is 24.4. The predicted octanol–water partition coefficient (Wildman–Crippen LogP) is 5.34. The van der Waals surface area contributed by atoms with E-state index in [-0.39, 0.29) is 5.97 Å². The number of hydrogen-bond donors (Lipinski definition) is 1. The molecule has 0 amide bonds. The minimum atomic E-state index is -0.346. The van der Waals surface area contributed by atoms with Crippen LogP contribution >= 0.6 is 11.3 Å². The molecule has 0 aliphatic carbocycles. The second-order valence-corrected chi connectivity index (χ2v) is 9.62. The largest absolute Gasteiger partial charge is 0.462 e. The highest BCUT2D eigenvalue weighted by Crippen LogP contribution is 2.39. The Kier molecular flexibility index (Phi) is 6.66. The maximum atomic E-state index is 13.1. The second-order valence-electron chi connectivity index (χ2n) is 8.74. The van der Waals surface area contributed by atoms with Gasteiger partial charge in [-0.1, -0.05) is 42.0 Å². The first-order chi connectivity index (χ1) is 17.0. The first-order valence-electron chi connectivity index (χ1n) is 11.9. The Morgan fingerprint density at radius 2 is 1.71 bits per heavy atom. The lowest BCUT2D eigenvalue weighted by atomic mass is 10.0.